The lowest BCUT2D eigenvalue weighted by Crippen LogP contribution is -2.40. The zero-order valence-corrected chi connectivity index (χ0v) is 13.4. The monoisotopic (exact) mass is 289 g/mol. The van der Waals surface area contributed by atoms with Gasteiger partial charge in [0.2, 0.25) is 0 Å². The molecule has 2 atom stereocenters. The molecular formula is C18H27NO2. The number of methoxy groups -OCH3 is 1. The van der Waals surface area contributed by atoms with E-state index in [1.165, 1.54) is 37.9 Å². The standard InChI is InChI=1S/C18H27NO2/c1-18(2)15-11-13(21-3)7-8-14(15)17(20)16(18)12-19-9-5-4-6-10-19/h7-8,11,16-17,20H,4-6,9-10,12H2,1-3H3/t16-,17+/m1/s1. The molecule has 0 spiro atoms. The predicted octanol–water partition coefficient (Wildman–Crippen LogP) is 3.12. The zero-order valence-electron chi connectivity index (χ0n) is 13.4. The quantitative estimate of drug-likeness (QED) is 0.928. The van der Waals surface area contributed by atoms with E-state index >= 15 is 0 Å². The molecule has 1 heterocycles. The van der Waals surface area contributed by atoms with Gasteiger partial charge in [-0.05, 0) is 54.6 Å². The minimum Gasteiger partial charge on any atom is -0.497 e. The maximum atomic E-state index is 10.8. The normalized spacial score (nSPS) is 28.4. The number of hydrogen-bond donors (Lipinski definition) is 1. The Labute approximate surface area is 127 Å². The smallest absolute Gasteiger partial charge is 0.119 e. The third-order valence-electron chi connectivity index (χ3n) is 5.48. The van der Waals surface area contributed by atoms with E-state index in [1.807, 2.05) is 12.1 Å². The van der Waals surface area contributed by atoms with E-state index in [-0.39, 0.29) is 17.4 Å². The van der Waals surface area contributed by atoms with Crippen molar-refractivity contribution in [3.05, 3.63) is 29.3 Å². The molecule has 0 amide bonds. The summed E-state index contributed by atoms with van der Waals surface area (Å²) in [5, 5.41) is 10.8. The fraction of sp³-hybridized carbons (Fsp3) is 0.667. The molecule has 3 heteroatoms. The Morgan fingerprint density at radius 2 is 1.95 bits per heavy atom. The van der Waals surface area contributed by atoms with Crippen LogP contribution in [0.3, 0.4) is 0 Å². The number of rotatable bonds is 3. The Morgan fingerprint density at radius 3 is 2.62 bits per heavy atom. The highest BCUT2D eigenvalue weighted by Gasteiger charge is 2.46. The molecule has 1 aromatic rings. The molecule has 1 fully saturated rings. The van der Waals surface area contributed by atoms with Gasteiger partial charge in [-0.15, -0.1) is 0 Å². The first-order valence-corrected chi connectivity index (χ1v) is 8.13. The number of aliphatic hydroxyl groups excluding tert-OH is 1. The molecule has 2 aliphatic rings. The first kappa shape index (κ1) is 14.9. The lowest BCUT2D eigenvalue weighted by Gasteiger charge is -2.36. The summed E-state index contributed by atoms with van der Waals surface area (Å²) < 4.78 is 5.36. The van der Waals surface area contributed by atoms with Crippen LogP contribution in [0, 0.1) is 5.92 Å². The van der Waals surface area contributed by atoms with Crippen LogP contribution < -0.4 is 4.74 Å². The minimum atomic E-state index is -0.358. The Hall–Kier alpha value is -1.06. The molecule has 0 radical (unpaired) electrons. The van der Waals surface area contributed by atoms with Crippen LogP contribution in [0.1, 0.15) is 50.3 Å². The second-order valence-electron chi connectivity index (χ2n) is 7.09. The van der Waals surface area contributed by atoms with E-state index in [1.54, 1.807) is 7.11 Å². The maximum absolute atomic E-state index is 10.8. The van der Waals surface area contributed by atoms with E-state index in [0.29, 0.717) is 0 Å². The highest BCUT2D eigenvalue weighted by Crippen LogP contribution is 2.50. The zero-order chi connectivity index (χ0) is 15.0. The van der Waals surface area contributed by atoms with Crippen LogP contribution in [0.25, 0.3) is 0 Å². The molecule has 1 aromatic carbocycles. The van der Waals surface area contributed by atoms with Gasteiger partial charge in [0.15, 0.2) is 0 Å². The fourth-order valence-corrected chi connectivity index (χ4v) is 4.04. The van der Waals surface area contributed by atoms with Crippen LogP contribution in [0.5, 0.6) is 5.75 Å². The second-order valence-corrected chi connectivity index (χ2v) is 7.09. The minimum absolute atomic E-state index is 0.0132. The van der Waals surface area contributed by atoms with Crippen molar-refractivity contribution in [2.75, 3.05) is 26.7 Å². The molecule has 1 aliphatic heterocycles. The van der Waals surface area contributed by atoms with Crippen molar-refractivity contribution in [3.63, 3.8) is 0 Å². The van der Waals surface area contributed by atoms with Gasteiger partial charge in [0.05, 0.1) is 13.2 Å². The van der Waals surface area contributed by atoms with Crippen molar-refractivity contribution in [3.8, 4) is 5.75 Å². The molecule has 3 rings (SSSR count). The number of likely N-dealkylation sites (tertiary alicyclic amines) is 1. The Bertz CT molecular complexity index is 506. The molecule has 116 valence electrons. The molecule has 1 saturated heterocycles. The summed E-state index contributed by atoms with van der Waals surface area (Å²) in [6, 6.07) is 6.10. The SMILES string of the molecule is COc1ccc2c(c1)C(C)(C)[C@H](CN1CCCCC1)[C@H]2O. The average Bonchev–Trinajstić information content (AvgIpc) is 2.69. The van der Waals surface area contributed by atoms with Gasteiger partial charge in [-0.25, -0.2) is 0 Å². The van der Waals surface area contributed by atoms with Crippen LogP contribution in [-0.2, 0) is 5.41 Å². The molecule has 0 bridgehead atoms. The van der Waals surface area contributed by atoms with Gasteiger partial charge in [0.1, 0.15) is 5.75 Å². The van der Waals surface area contributed by atoms with Gasteiger partial charge in [-0.2, -0.15) is 0 Å². The van der Waals surface area contributed by atoms with Gasteiger partial charge < -0.3 is 14.7 Å². The molecule has 1 N–H and O–H groups in total. The molecule has 0 unspecified atom stereocenters. The number of hydrogen-bond acceptors (Lipinski definition) is 3. The topological polar surface area (TPSA) is 32.7 Å². The van der Waals surface area contributed by atoms with Crippen LogP contribution in [0.4, 0.5) is 0 Å². The predicted molar refractivity (Wildman–Crippen MR) is 84.8 cm³/mol. The van der Waals surface area contributed by atoms with Crippen LogP contribution in [-0.4, -0.2) is 36.8 Å². The third-order valence-corrected chi connectivity index (χ3v) is 5.48. The van der Waals surface area contributed by atoms with Crippen molar-refractivity contribution in [1.29, 1.82) is 0 Å². The van der Waals surface area contributed by atoms with Gasteiger partial charge in [0, 0.05) is 12.5 Å². The number of nitrogens with zero attached hydrogens (tertiary/aromatic N) is 1. The van der Waals surface area contributed by atoms with Gasteiger partial charge >= 0.3 is 0 Å². The highest BCUT2D eigenvalue weighted by atomic mass is 16.5. The first-order chi connectivity index (χ1) is 10.0. The third kappa shape index (κ3) is 2.58. The van der Waals surface area contributed by atoms with Crippen molar-refractivity contribution < 1.29 is 9.84 Å². The van der Waals surface area contributed by atoms with Crippen LogP contribution in [0.2, 0.25) is 0 Å². The lowest BCUT2D eigenvalue weighted by atomic mass is 9.77. The summed E-state index contributed by atoms with van der Waals surface area (Å²) in [5.74, 6) is 1.14. The number of aliphatic hydroxyl groups is 1. The molecule has 0 saturated carbocycles. The average molecular weight is 289 g/mol. The number of benzene rings is 1. The Balaban J connectivity index is 1.86. The fourth-order valence-electron chi connectivity index (χ4n) is 4.04. The molecule has 21 heavy (non-hydrogen) atoms. The molecule has 1 aliphatic carbocycles. The van der Waals surface area contributed by atoms with Gasteiger partial charge in [-0.1, -0.05) is 26.3 Å². The highest BCUT2D eigenvalue weighted by molar-refractivity contribution is 5.46. The van der Waals surface area contributed by atoms with E-state index in [9.17, 15) is 5.11 Å². The van der Waals surface area contributed by atoms with E-state index in [2.05, 4.69) is 24.8 Å². The molecular weight excluding hydrogens is 262 g/mol. The first-order valence-electron chi connectivity index (χ1n) is 8.13. The summed E-state index contributed by atoms with van der Waals surface area (Å²) in [6.07, 6.45) is 3.58. The van der Waals surface area contributed by atoms with Crippen molar-refractivity contribution >= 4 is 0 Å². The second kappa shape index (κ2) is 5.62. The number of piperidine rings is 1. The Morgan fingerprint density at radius 1 is 1.24 bits per heavy atom. The molecule has 0 aromatic heterocycles. The summed E-state index contributed by atoms with van der Waals surface area (Å²) >= 11 is 0. The summed E-state index contributed by atoms with van der Waals surface area (Å²) in [7, 11) is 1.70. The Kier molecular flexibility index (Phi) is 3.98. The van der Waals surface area contributed by atoms with E-state index in [4.69, 9.17) is 4.74 Å². The van der Waals surface area contributed by atoms with Crippen molar-refractivity contribution in [2.24, 2.45) is 5.92 Å². The van der Waals surface area contributed by atoms with Crippen molar-refractivity contribution in [2.45, 2.75) is 44.6 Å². The van der Waals surface area contributed by atoms with Gasteiger partial charge in [0.25, 0.3) is 0 Å². The summed E-state index contributed by atoms with van der Waals surface area (Å²) in [4.78, 5) is 2.53. The van der Waals surface area contributed by atoms with E-state index < -0.39 is 0 Å². The van der Waals surface area contributed by atoms with Gasteiger partial charge in [-0.3, -0.25) is 0 Å². The van der Waals surface area contributed by atoms with E-state index in [0.717, 1.165) is 17.9 Å². The maximum Gasteiger partial charge on any atom is 0.119 e. The number of fused-ring (bicyclic) bond motifs is 1. The lowest BCUT2D eigenvalue weighted by molar-refractivity contribution is 0.0541. The van der Waals surface area contributed by atoms with Crippen LogP contribution >= 0.6 is 0 Å². The summed E-state index contributed by atoms with van der Waals surface area (Å²) in [5.41, 5.74) is 2.32. The summed E-state index contributed by atoms with van der Waals surface area (Å²) in [6.45, 7) is 7.87. The number of ether oxygens (including phenoxy) is 1. The van der Waals surface area contributed by atoms with Crippen molar-refractivity contribution in [1.82, 2.24) is 4.90 Å². The largest absolute Gasteiger partial charge is 0.497 e. The molecule has 3 nitrogen and oxygen atoms in total. The van der Waals surface area contributed by atoms with Crippen LogP contribution in [0.15, 0.2) is 18.2 Å².